The molecule has 0 aliphatic heterocycles. The van der Waals surface area contributed by atoms with E-state index in [2.05, 4.69) is 24.7 Å². The Kier molecular flexibility index (Phi) is 5.29. The van der Waals surface area contributed by atoms with E-state index in [1.807, 2.05) is 24.3 Å². The van der Waals surface area contributed by atoms with E-state index in [9.17, 15) is 10.1 Å². The molecule has 3 aromatic rings. The molecule has 27 heavy (non-hydrogen) atoms. The van der Waals surface area contributed by atoms with Crippen LogP contribution < -0.4 is 5.73 Å². The van der Waals surface area contributed by atoms with Crippen LogP contribution in [-0.2, 0) is 11.5 Å². The number of aromatic nitrogens is 2. The summed E-state index contributed by atoms with van der Waals surface area (Å²) in [5.74, 6) is 0. The molecule has 1 aromatic heterocycles. The lowest BCUT2D eigenvalue weighted by atomic mass is 10.1. The maximum Gasteiger partial charge on any atom is 0.270 e. The molecular weight excluding hydrogens is 360 g/mol. The molecule has 0 saturated carbocycles. The fourth-order valence-electron chi connectivity index (χ4n) is 2.80. The first-order valence-electron chi connectivity index (χ1n) is 8.83. The van der Waals surface area contributed by atoms with Gasteiger partial charge in [-0.1, -0.05) is 31.8 Å². The molecular formula is C19H24N4O3Si. The third kappa shape index (κ3) is 4.53. The van der Waals surface area contributed by atoms with E-state index >= 15 is 0 Å². The predicted octanol–water partition coefficient (Wildman–Crippen LogP) is 4.51. The van der Waals surface area contributed by atoms with E-state index in [0.717, 1.165) is 16.9 Å². The Bertz CT molecular complexity index is 979. The molecule has 0 bridgehead atoms. The number of nitrogens with zero attached hydrogens (tertiary/aromatic N) is 3. The highest BCUT2D eigenvalue weighted by Gasteiger charge is 2.16. The highest BCUT2D eigenvalue weighted by molar-refractivity contribution is 6.76. The Balaban J connectivity index is 1.95. The number of hydrogen-bond donors (Lipinski definition) is 1. The highest BCUT2D eigenvalue weighted by atomic mass is 28.3. The zero-order chi connectivity index (χ0) is 19.6. The fourth-order valence-corrected chi connectivity index (χ4v) is 3.56. The monoisotopic (exact) mass is 384 g/mol. The number of hydrogen-bond acceptors (Lipinski definition) is 5. The van der Waals surface area contributed by atoms with Crippen molar-refractivity contribution in [3.8, 4) is 11.3 Å². The first-order valence-corrected chi connectivity index (χ1v) is 12.5. The van der Waals surface area contributed by atoms with Gasteiger partial charge in [0.15, 0.2) is 0 Å². The minimum Gasteiger partial charge on any atom is -0.399 e. The molecule has 0 aliphatic rings. The van der Waals surface area contributed by atoms with E-state index in [1.54, 1.807) is 10.7 Å². The summed E-state index contributed by atoms with van der Waals surface area (Å²) in [4.78, 5) is 10.7. The molecule has 2 N–H and O–H groups in total. The lowest BCUT2D eigenvalue weighted by Crippen LogP contribution is -2.22. The summed E-state index contributed by atoms with van der Waals surface area (Å²) in [6, 6.07) is 13.1. The van der Waals surface area contributed by atoms with Crippen LogP contribution in [0.1, 0.15) is 0 Å². The van der Waals surface area contributed by atoms with Crippen LogP contribution >= 0.6 is 0 Å². The fraction of sp³-hybridized carbons (Fsp3) is 0.316. The SMILES string of the molecule is C[Si](C)(C)CCOCn1nc(-c2cccc([N+](=O)[O-])c2)c2cc(N)ccc21. The Hall–Kier alpha value is -2.71. The van der Waals surface area contributed by atoms with Gasteiger partial charge in [0.05, 0.1) is 10.4 Å². The molecule has 3 rings (SSSR count). The number of nitrogen functional groups attached to an aromatic ring is 1. The zero-order valence-corrected chi connectivity index (χ0v) is 16.8. The number of non-ortho nitro benzene ring substituents is 1. The van der Waals surface area contributed by atoms with E-state index in [1.165, 1.54) is 12.1 Å². The van der Waals surface area contributed by atoms with Crippen LogP contribution in [0.2, 0.25) is 25.7 Å². The van der Waals surface area contributed by atoms with Crippen LogP contribution in [0.4, 0.5) is 11.4 Å². The molecule has 8 heteroatoms. The number of nitrogens with two attached hydrogens (primary N) is 1. The Morgan fingerprint density at radius 2 is 2.00 bits per heavy atom. The third-order valence-electron chi connectivity index (χ3n) is 4.31. The van der Waals surface area contributed by atoms with Crippen molar-refractivity contribution in [1.29, 1.82) is 0 Å². The lowest BCUT2D eigenvalue weighted by molar-refractivity contribution is -0.384. The molecule has 0 saturated heterocycles. The molecule has 0 fully saturated rings. The van der Waals surface area contributed by atoms with Gasteiger partial charge >= 0.3 is 0 Å². The van der Waals surface area contributed by atoms with E-state index in [-0.39, 0.29) is 5.69 Å². The summed E-state index contributed by atoms with van der Waals surface area (Å²) in [5.41, 5.74) is 8.84. The normalized spacial score (nSPS) is 11.8. The predicted molar refractivity (Wildman–Crippen MR) is 110 cm³/mol. The van der Waals surface area contributed by atoms with Gasteiger partial charge < -0.3 is 10.5 Å². The van der Waals surface area contributed by atoms with Crippen LogP contribution in [-0.4, -0.2) is 29.4 Å². The van der Waals surface area contributed by atoms with Crippen molar-refractivity contribution in [2.75, 3.05) is 12.3 Å². The van der Waals surface area contributed by atoms with Gasteiger partial charge in [0.25, 0.3) is 5.69 Å². The van der Waals surface area contributed by atoms with Gasteiger partial charge in [-0.05, 0) is 24.2 Å². The average Bonchev–Trinajstić information content (AvgIpc) is 2.96. The molecule has 0 spiro atoms. The number of fused-ring (bicyclic) bond motifs is 1. The largest absolute Gasteiger partial charge is 0.399 e. The molecule has 0 radical (unpaired) electrons. The van der Waals surface area contributed by atoms with Crippen molar-refractivity contribution in [2.24, 2.45) is 0 Å². The standard InChI is InChI=1S/C19H24N4O3Si/c1-27(2,3)10-9-26-13-22-18-8-7-15(20)12-17(18)19(21-22)14-5-4-6-16(11-14)23(24)25/h4-8,11-12H,9-10,13,20H2,1-3H3. The van der Waals surface area contributed by atoms with E-state index in [0.29, 0.717) is 30.3 Å². The molecule has 142 valence electrons. The van der Waals surface area contributed by atoms with Crippen molar-refractivity contribution in [2.45, 2.75) is 32.4 Å². The summed E-state index contributed by atoms with van der Waals surface area (Å²) in [6.45, 7) is 7.95. The van der Waals surface area contributed by atoms with Crippen LogP contribution in [0.5, 0.6) is 0 Å². The van der Waals surface area contributed by atoms with Gasteiger partial charge in [-0.25, -0.2) is 4.68 Å². The van der Waals surface area contributed by atoms with Crippen molar-refractivity contribution in [1.82, 2.24) is 9.78 Å². The molecule has 0 aliphatic carbocycles. The van der Waals surface area contributed by atoms with Gasteiger partial charge in [0.2, 0.25) is 0 Å². The summed E-state index contributed by atoms with van der Waals surface area (Å²) < 4.78 is 7.63. The Labute approximate surface area is 158 Å². The molecule has 0 atom stereocenters. The molecule has 7 nitrogen and oxygen atoms in total. The van der Waals surface area contributed by atoms with Crippen molar-refractivity contribution >= 4 is 30.4 Å². The molecule has 0 amide bonds. The highest BCUT2D eigenvalue weighted by Crippen LogP contribution is 2.31. The van der Waals surface area contributed by atoms with Gasteiger partial charge in [-0.15, -0.1) is 0 Å². The second-order valence-corrected chi connectivity index (χ2v) is 13.4. The second-order valence-electron chi connectivity index (χ2n) is 7.78. The number of ether oxygens (including phenoxy) is 1. The average molecular weight is 385 g/mol. The van der Waals surface area contributed by atoms with E-state index in [4.69, 9.17) is 10.5 Å². The van der Waals surface area contributed by atoms with Gasteiger partial charge in [0, 0.05) is 43.5 Å². The molecule has 2 aromatic carbocycles. The second kappa shape index (κ2) is 7.49. The number of rotatable bonds is 7. The van der Waals surface area contributed by atoms with Gasteiger partial charge in [-0.3, -0.25) is 10.1 Å². The van der Waals surface area contributed by atoms with Gasteiger partial charge in [0.1, 0.15) is 12.4 Å². The summed E-state index contributed by atoms with van der Waals surface area (Å²) in [6.07, 6.45) is 0. The van der Waals surface area contributed by atoms with E-state index < -0.39 is 13.0 Å². The number of benzene rings is 2. The maximum absolute atomic E-state index is 11.1. The topological polar surface area (TPSA) is 96.2 Å². The minimum atomic E-state index is -1.16. The smallest absolute Gasteiger partial charge is 0.270 e. The quantitative estimate of drug-likeness (QED) is 0.213. The summed E-state index contributed by atoms with van der Waals surface area (Å²) in [7, 11) is -1.16. The molecule has 0 unspecified atom stereocenters. The van der Waals surface area contributed by atoms with Crippen LogP contribution in [0.25, 0.3) is 22.2 Å². The molecule has 1 heterocycles. The van der Waals surface area contributed by atoms with Crippen LogP contribution in [0.3, 0.4) is 0 Å². The van der Waals surface area contributed by atoms with Crippen molar-refractivity contribution in [3.63, 3.8) is 0 Å². The number of anilines is 1. The van der Waals surface area contributed by atoms with Crippen LogP contribution in [0, 0.1) is 10.1 Å². The summed E-state index contributed by atoms with van der Waals surface area (Å²) in [5, 5.41) is 16.6. The van der Waals surface area contributed by atoms with Crippen molar-refractivity contribution < 1.29 is 9.66 Å². The summed E-state index contributed by atoms with van der Waals surface area (Å²) >= 11 is 0. The van der Waals surface area contributed by atoms with Crippen LogP contribution in [0.15, 0.2) is 42.5 Å². The number of nitro groups is 1. The van der Waals surface area contributed by atoms with Gasteiger partial charge in [-0.2, -0.15) is 5.10 Å². The maximum atomic E-state index is 11.1. The third-order valence-corrected chi connectivity index (χ3v) is 6.02. The lowest BCUT2D eigenvalue weighted by Gasteiger charge is -2.15. The zero-order valence-electron chi connectivity index (χ0n) is 15.8. The van der Waals surface area contributed by atoms with Crippen molar-refractivity contribution in [3.05, 3.63) is 52.6 Å². The minimum absolute atomic E-state index is 0.0329. The first kappa shape index (κ1) is 19.1. The Morgan fingerprint density at radius 1 is 1.22 bits per heavy atom. The Morgan fingerprint density at radius 3 is 2.70 bits per heavy atom. The first-order chi connectivity index (χ1) is 12.7. The number of nitro benzene ring substituents is 1.